The maximum absolute atomic E-state index is 11.5. The molecule has 190 valence electrons. The van der Waals surface area contributed by atoms with Gasteiger partial charge in [-0.3, -0.25) is 20.2 Å². The minimum Gasteiger partial charge on any atom is -0.493 e. The predicted octanol–water partition coefficient (Wildman–Crippen LogP) is 6.38. The van der Waals surface area contributed by atoms with Crippen molar-refractivity contribution in [3.63, 3.8) is 0 Å². The van der Waals surface area contributed by atoms with Crippen molar-refractivity contribution in [2.45, 2.75) is 6.92 Å². The summed E-state index contributed by atoms with van der Waals surface area (Å²) in [4.78, 5) is 21.1. The SMILES string of the molecule is CCOc1cc(/C=C(\C#N)c2ccc(OC)c(OC)c2)cc(I)c1Oc1ccc([N+](=O)[O-])cc1[N+](=O)[O-]. The Hall–Kier alpha value is -4.38. The summed E-state index contributed by atoms with van der Waals surface area (Å²) in [5, 5.41) is 32.4. The number of hydrogen-bond donors (Lipinski definition) is 0. The fraction of sp³-hybridized carbons (Fsp3) is 0.160. The summed E-state index contributed by atoms with van der Waals surface area (Å²) in [5.41, 5.74) is 0.577. The van der Waals surface area contributed by atoms with E-state index < -0.39 is 21.2 Å². The molecule has 0 unspecified atom stereocenters. The van der Waals surface area contributed by atoms with Gasteiger partial charge in [0.15, 0.2) is 23.0 Å². The van der Waals surface area contributed by atoms with Gasteiger partial charge in [-0.2, -0.15) is 5.26 Å². The van der Waals surface area contributed by atoms with Crippen LogP contribution in [0.4, 0.5) is 11.4 Å². The Kier molecular flexibility index (Phi) is 8.86. The minimum atomic E-state index is -0.755. The van der Waals surface area contributed by atoms with Gasteiger partial charge in [-0.15, -0.1) is 0 Å². The lowest BCUT2D eigenvalue weighted by atomic mass is 10.0. The van der Waals surface area contributed by atoms with Gasteiger partial charge < -0.3 is 18.9 Å². The van der Waals surface area contributed by atoms with Gasteiger partial charge in [0.25, 0.3) is 5.69 Å². The van der Waals surface area contributed by atoms with Crippen LogP contribution >= 0.6 is 22.6 Å². The lowest BCUT2D eigenvalue weighted by Crippen LogP contribution is -2.00. The van der Waals surface area contributed by atoms with Crippen LogP contribution < -0.4 is 18.9 Å². The van der Waals surface area contributed by atoms with Gasteiger partial charge in [-0.1, -0.05) is 0 Å². The van der Waals surface area contributed by atoms with Crippen molar-refractivity contribution >= 4 is 45.6 Å². The zero-order chi connectivity index (χ0) is 27.1. The smallest absolute Gasteiger partial charge is 0.318 e. The van der Waals surface area contributed by atoms with E-state index in [2.05, 4.69) is 6.07 Å². The second-order valence-electron chi connectivity index (χ2n) is 7.27. The van der Waals surface area contributed by atoms with Gasteiger partial charge in [0, 0.05) is 6.07 Å². The van der Waals surface area contributed by atoms with Crippen molar-refractivity contribution in [1.29, 1.82) is 5.26 Å². The molecule has 37 heavy (non-hydrogen) atoms. The highest BCUT2D eigenvalue weighted by molar-refractivity contribution is 14.1. The van der Waals surface area contributed by atoms with Crippen molar-refractivity contribution in [3.8, 4) is 34.8 Å². The van der Waals surface area contributed by atoms with E-state index in [0.717, 1.165) is 12.1 Å². The fourth-order valence-corrected chi connectivity index (χ4v) is 4.08. The summed E-state index contributed by atoms with van der Waals surface area (Å²) in [6, 6.07) is 13.8. The number of methoxy groups -OCH3 is 2. The summed E-state index contributed by atoms with van der Waals surface area (Å²) in [6.45, 7) is 2.03. The topological polar surface area (TPSA) is 147 Å². The zero-order valence-corrected chi connectivity index (χ0v) is 22.0. The van der Waals surface area contributed by atoms with Crippen LogP contribution in [0, 0.1) is 35.1 Å². The first-order valence-electron chi connectivity index (χ1n) is 10.6. The fourth-order valence-electron chi connectivity index (χ4n) is 3.34. The van der Waals surface area contributed by atoms with Crippen LogP contribution in [0.1, 0.15) is 18.1 Å². The van der Waals surface area contributed by atoms with Crippen LogP contribution in [0.25, 0.3) is 11.6 Å². The Bertz CT molecular complexity index is 1430. The number of nitrogens with zero attached hydrogens (tertiary/aromatic N) is 3. The third kappa shape index (κ3) is 6.25. The van der Waals surface area contributed by atoms with Gasteiger partial charge in [-0.05, 0) is 83.1 Å². The number of nitriles is 1. The lowest BCUT2D eigenvalue weighted by Gasteiger charge is -2.15. The number of hydrogen-bond acceptors (Lipinski definition) is 9. The molecule has 0 bridgehead atoms. The Morgan fingerprint density at radius 1 is 0.973 bits per heavy atom. The lowest BCUT2D eigenvalue weighted by molar-refractivity contribution is -0.394. The molecule has 3 aromatic carbocycles. The van der Waals surface area contributed by atoms with Gasteiger partial charge in [0.05, 0.1) is 52.0 Å². The first-order valence-corrected chi connectivity index (χ1v) is 11.7. The van der Waals surface area contributed by atoms with Gasteiger partial charge in [0.1, 0.15) is 0 Å². The van der Waals surface area contributed by atoms with Crippen molar-refractivity contribution in [3.05, 3.63) is 83.5 Å². The summed E-state index contributed by atoms with van der Waals surface area (Å²) in [5.74, 6) is 1.29. The Morgan fingerprint density at radius 2 is 1.68 bits per heavy atom. The summed E-state index contributed by atoms with van der Waals surface area (Å²) in [6.07, 6.45) is 1.66. The molecule has 3 rings (SSSR count). The summed E-state index contributed by atoms with van der Waals surface area (Å²) in [7, 11) is 3.02. The van der Waals surface area contributed by atoms with Crippen molar-refractivity contribution in [2.75, 3.05) is 20.8 Å². The van der Waals surface area contributed by atoms with Gasteiger partial charge in [0.2, 0.25) is 5.75 Å². The number of halogens is 1. The number of nitro benzene ring substituents is 2. The number of rotatable bonds is 10. The second-order valence-corrected chi connectivity index (χ2v) is 8.43. The minimum absolute atomic E-state index is 0.180. The maximum atomic E-state index is 11.5. The summed E-state index contributed by atoms with van der Waals surface area (Å²) < 4.78 is 22.7. The molecule has 0 spiro atoms. The molecule has 0 fully saturated rings. The first-order chi connectivity index (χ1) is 17.7. The molecule has 0 amide bonds. The molecular weight excluding hydrogens is 597 g/mol. The van der Waals surface area contributed by atoms with Crippen LogP contribution in [0.2, 0.25) is 0 Å². The van der Waals surface area contributed by atoms with E-state index in [1.54, 1.807) is 43.3 Å². The normalized spacial score (nSPS) is 10.8. The third-order valence-corrected chi connectivity index (χ3v) is 5.82. The van der Waals surface area contributed by atoms with Gasteiger partial charge in [-0.25, -0.2) is 0 Å². The average Bonchev–Trinajstić information content (AvgIpc) is 2.88. The molecule has 0 aliphatic heterocycles. The van der Waals surface area contributed by atoms with E-state index in [-0.39, 0.29) is 23.9 Å². The molecule has 0 aliphatic carbocycles. The molecule has 0 heterocycles. The number of allylic oxidation sites excluding steroid dienone is 1. The van der Waals surface area contributed by atoms with Crippen molar-refractivity contribution in [2.24, 2.45) is 0 Å². The largest absolute Gasteiger partial charge is 0.493 e. The second kappa shape index (κ2) is 12.0. The highest BCUT2D eigenvalue weighted by atomic mass is 127. The third-order valence-electron chi connectivity index (χ3n) is 5.02. The Morgan fingerprint density at radius 3 is 2.27 bits per heavy atom. The van der Waals surface area contributed by atoms with Crippen LogP contribution in [0.5, 0.6) is 28.7 Å². The van der Waals surface area contributed by atoms with Gasteiger partial charge >= 0.3 is 5.69 Å². The van der Waals surface area contributed by atoms with Crippen LogP contribution in [-0.4, -0.2) is 30.7 Å². The molecule has 11 nitrogen and oxygen atoms in total. The monoisotopic (exact) mass is 617 g/mol. The molecule has 0 atom stereocenters. The molecule has 0 aliphatic rings. The quantitative estimate of drug-likeness (QED) is 0.0831. The Labute approximate surface area is 225 Å². The molecular formula is C25H20IN3O8. The number of nitro groups is 2. The van der Waals surface area contributed by atoms with Crippen molar-refractivity contribution in [1.82, 2.24) is 0 Å². The van der Waals surface area contributed by atoms with E-state index in [9.17, 15) is 25.5 Å². The molecule has 12 heteroatoms. The zero-order valence-electron chi connectivity index (χ0n) is 19.9. The van der Waals surface area contributed by atoms with E-state index in [1.807, 2.05) is 22.6 Å². The molecule has 0 aromatic heterocycles. The number of non-ortho nitro benzene ring substituents is 1. The van der Waals surface area contributed by atoms with E-state index >= 15 is 0 Å². The molecule has 0 saturated carbocycles. The van der Waals surface area contributed by atoms with E-state index in [4.69, 9.17) is 18.9 Å². The number of ether oxygens (including phenoxy) is 4. The Balaban J connectivity index is 2.06. The highest BCUT2D eigenvalue weighted by Gasteiger charge is 2.23. The van der Waals surface area contributed by atoms with Crippen LogP contribution in [-0.2, 0) is 0 Å². The van der Waals surface area contributed by atoms with Crippen LogP contribution in [0.15, 0.2) is 48.5 Å². The summed E-state index contributed by atoms with van der Waals surface area (Å²) >= 11 is 1.99. The molecule has 0 N–H and O–H groups in total. The van der Waals surface area contributed by atoms with Crippen molar-refractivity contribution < 1.29 is 28.8 Å². The molecule has 0 radical (unpaired) electrons. The predicted molar refractivity (Wildman–Crippen MR) is 143 cm³/mol. The standard InChI is InChI=1S/C25H20IN3O8/c1-4-36-24-11-15(9-17(14-27)16-5-7-22(34-2)23(12-16)35-3)10-19(26)25(24)37-21-8-6-18(28(30)31)13-20(21)29(32)33/h5-13H,4H2,1-3H3/b17-9+. The van der Waals surface area contributed by atoms with E-state index in [1.165, 1.54) is 20.3 Å². The first kappa shape index (κ1) is 27.2. The molecule has 3 aromatic rings. The van der Waals surface area contributed by atoms with E-state index in [0.29, 0.717) is 31.8 Å². The molecule has 0 saturated heterocycles. The highest BCUT2D eigenvalue weighted by Crippen LogP contribution is 2.42. The number of benzene rings is 3. The average molecular weight is 617 g/mol. The van der Waals surface area contributed by atoms with Crippen LogP contribution in [0.3, 0.4) is 0 Å². The maximum Gasteiger partial charge on any atom is 0.318 e.